The second-order valence-electron chi connectivity index (χ2n) is 5.81. The predicted molar refractivity (Wildman–Crippen MR) is 88.4 cm³/mol. The standard InChI is InChI=1S/C16H24ClN3O/c1-3-16(4-2)8-10-20(11-9-16)13-7-5-6-12(17)14(13)15(18)19-21/h5-7,21H,3-4,8-11H2,1-2H3,(H2,18,19). The summed E-state index contributed by atoms with van der Waals surface area (Å²) >= 11 is 6.23. The van der Waals surface area contributed by atoms with E-state index < -0.39 is 0 Å². The summed E-state index contributed by atoms with van der Waals surface area (Å²) in [6.45, 7) is 6.52. The molecule has 1 saturated heterocycles. The maximum absolute atomic E-state index is 8.98. The Kier molecular flexibility index (Phi) is 4.99. The van der Waals surface area contributed by atoms with E-state index in [2.05, 4.69) is 23.9 Å². The molecule has 0 unspecified atom stereocenters. The van der Waals surface area contributed by atoms with Gasteiger partial charge >= 0.3 is 0 Å². The van der Waals surface area contributed by atoms with Crippen LogP contribution in [0.15, 0.2) is 23.4 Å². The van der Waals surface area contributed by atoms with Gasteiger partial charge < -0.3 is 15.8 Å². The van der Waals surface area contributed by atoms with E-state index in [1.54, 1.807) is 6.07 Å². The fourth-order valence-corrected chi connectivity index (χ4v) is 3.53. The van der Waals surface area contributed by atoms with Crippen molar-refractivity contribution in [3.05, 3.63) is 28.8 Å². The van der Waals surface area contributed by atoms with Crippen molar-refractivity contribution in [2.45, 2.75) is 39.5 Å². The Morgan fingerprint density at radius 3 is 2.48 bits per heavy atom. The first-order valence-corrected chi connectivity index (χ1v) is 7.96. The fourth-order valence-electron chi connectivity index (χ4n) is 3.26. The molecule has 4 nitrogen and oxygen atoms in total. The van der Waals surface area contributed by atoms with Crippen LogP contribution in [0.4, 0.5) is 5.69 Å². The zero-order valence-corrected chi connectivity index (χ0v) is 13.5. The summed E-state index contributed by atoms with van der Waals surface area (Å²) in [5.74, 6) is 0.0680. The van der Waals surface area contributed by atoms with Crippen molar-refractivity contribution in [1.82, 2.24) is 0 Å². The summed E-state index contributed by atoms with van der Waals surface area (Å²) in [6.07, 6.45) is 4.78. The Hall–Kier alpha value is -1.42. The normalized spacial score (nSPS) is 18.8. The molecule has 1 heterocycles. The van der Waals surface area contributed by atoms with Crippen LogP contribution in [0.3, 0.4) is 0 Å². The lowest BCUT2D eigenvalue weighted by molar-refractivity contribution is 0.199. The lowest BCUT2D eigenvalue weighted by Gasteiger charge is -2.42. The van der Waals surface area contributed by atoms with Gasteiger partial charge in [0.15, 0.2) is 5.84 Å². The molecule has 0 aliphatic carbocycles. The van der Waals surface area contributed by atoms with E-state index in [9.17, 15) is 0 Å². The number of nitrogens with zero attached hydrogens (tertiary/aromatic N) is 2. The first kappa shape index (κ1) is 16.0. The van der Waals surface area contributed by atoms with Crippen LogP contribution in [0.2, 0.25) is 5.02 Å². The molecule has 0 amide bonds. The van der Waals surface area contributed by atoms with Crippen molar-refractivity contribution in [2.24, 2.45) is 16.3 Å². The highest BCUT2D eigenvalue weighted by atomic mass is 35.5. The van der Waals surface area contributed by atoms with E-state index in [-0.39, 0.29) is 5.84 Å². The minimum absolute atomic E-state index is 0.0680. The van der Waals surface area contributed by atoms with Gasteiger partial charge in [-0.1, -0.05) is 49.5 Å². The zero-order valence-electron chi connectivity index (χ0n) is 12.8. The largest absolute Gasteiger partial charge is 0.409 e. The summed E-state index contributed by atoms with van der Waals surface area (Å²) in [7, 11) is 0. The van der Waals surface area contributed by atoms with Crippen molar-refractivity contribution < 1.29 is 5.21 Å². The number of hydrogen-bond donors (Lipinski definition) is 2. The van der Waals surface area contributed by atoms with Crippen molar-refractivity contribution >= 4 is 23.1 Å². The number of halogens is 1. The average Bonchev–Trinajstić information content (AvgIpc) is 2.54. The SMILES string of the molecule is CCC1(CC)CCN(c2cccc(Cl)c2C(N)=NO)CC1. The lowest BCUT2D eigenvalue weighted by atomic mass is 9.74. The molecule has 0 aromatic heterocycles. The first-order chi connectivity index (χ1) is 10.1. The molecular weight excluding hydrogens is 286 g/mol. The summed E-state index contributed by atoms with van der Waals surface area (Å²) in [6, 6.07) is 5.67. The number of nitrogens with two attached hydrogens (primary N) is 1. The summed E-state index contributed by atoms with van der Waals surface area (Å²) in [4.78, 5) is 2.29. The van der Waals surface area contributed by atoms with Gasteiger partial charge in [-0.05, 0) is 30.4 Å². The minimum atomic E-state index is 0.0680. The maximum Gasteiger partial charge on any atom is 0.173 e. The van der Waals surface area contributed by atoms with E-state index >= 15 is 0 Å². The van der Waals surface area contributed by atoms with Gasteiger partial charge in [-0.15, -0.1) is 0 Å². The number of anilines is 1. The molecule has 1 aliphatic heterocycles. The zero-order chi connectivity index (χ0) is 15.5. The molecule has 1 aromatic carbocycles. The monoisotopic (exact) mass is 309 g/mol. The molecule has 116 valence electrons. The van der Waals surface area contributed by atoms with Gasteiger partial charge in [0.25, 0.3) is 0 Å². The third-order valence-electron chi connectivity index (χ3n) is 5.02. The molecule has 1 fully saturated rings. The maximum atomic E-state index is 8.98. The van der Waals surface area contributed by atoms with Crippen LogP contribution in [0.25, 0.3) is 0 Å². The van der Waals surface area contributed by atoms with Crippen molar-refractivity contribution in [1.29, 1.82) is 0 Å². The Labute approximate surface area is 131 Å². The van der Waals surface area contributed by atoms with E-state index in [0.29, 0.717) is 16.0 Å². The van der Waals surface area contributed by atoms with Gasteiger partial charge in [-0.3, -0.25) is 0 Å². The van der Waals surface area contributed by atoms with Gasteiger partial charge in [0.1, 0.15) is 0 Å². The van der Waals surface area contributed by atoms with Crippen LogP contribution in [-0.2, 0) is 0 Å². The molecule has 0 atom stereocenters. The fraction of sp³-hybridized carbons (Fsp3) is 0.562. The number of rotatable bonds is 4. The van der Waals surface area contributed by atoms with Crippen LogP contribution >= 0.6 is 11.6 Å². The summed E-state index contributed by atoms with van der Waals surface area (Å²) in [5, 5.41) is 12.6. The number of amidine groups is 1. The van der Waals surface area contributed by atoms with Gasteiger partial charge in [0.2, 0.25) is 0 Å². The Morgan fingerprint density at radius 1 is 1.33 bits per heavy atom. The molecule has 2 rings (SSSR count). The van der Waals surface area contributed by atoms with E-state index in [4.69, 9.17) is 22.5 Å². The highest BCUT2D eigenvalue weighted by Crippen LogP contribution is 2.40. The van der Waals surface area contributed by atoms with Crippen LogP contribution in [-0.4, -0.2) is 24.1 Å². The molecular formula is C16H24ClN3O. The second-order valence-corrected chi connectivity index (χ2v) is 6.22. The highest BCUT2D eigenvalue weighted by Gasteiger charge is 2.32. The van der Waals surface area contributed by atoms with E-state index in [0.717, 1.165) is 18.8 Å². The van der Waals surface area contributed by atoms with Crippen LogP contribution in [0.5, 0.6) is 0 Å². The average molecular weight is 310 g/mol. The summed E-state index contributed by atoms with van der Waals surface area (Å²) in [5.41, 5.74) is 7.85. The topological polar surface area (TPSA) is 61.8 Å². The number of benzene rings is 1. The molecule has 0 saturated carbocycles. The molecule has 0 spiro atoms. The second kappa shape index (κ2) is 6.56. The van der Waals surface area contributed by atoms with Crippen LogP contribution < -0.4 is 10.6 Å². The van der Waals surface area contributed by atoms with Crippen molar-refractivity contribution in [3.63, 3.8) is 0 Å². The van der Waals surface area contributed by atoms with E-state index in [1.807, 2.05) is 12.1 Å². The van der Waals surface area contributed by atoms with Gasteiger partial charge in [0.05, 0.1) is 10.6 Å². The summed E-state index contributed by atoms with van der Waals surface area (Å²) < 4.78 is 0. The Morgan fingerprint density at radius 2 is 1.95 bits per heavy atom. The first-order valence-electron chi connectivity index (χ1n) is 7.58. The quantitative estimate of drug-likeness (QED) is 0.384. The predicted octanol–water partition coefficient (Wildman–Crippen LogP) is 3.84. The number of oxime groups is 1. The third-order valence-corrected chi connectivity index (χ3v) is 5.34. The highest BCUT2D eigenvalue weighted by molar-refractivity contribution is 6.34. The Balaban J connectivity index is 2.27. The van der Waals surface area contributed by atoms with Gasteiger partial charge in [0, 0.05) is 18.8 Å². The van der Waals surface area contributed by atoms with Crippen LogP contribution in [0, 0.1) is 5.41 Å². The molecule has 1 aliphatic rings. The van der Waals surface area contributed by atoms with Crippen LogP contribution in [0.1, 0.15) is 45.1 Å². The Bertz CT molecular complexity index is 516. The molecule has 0 radical (unpaired) electrons. The molecule has 0 bridgehead atoms. The lowest BCUT2D eigenvalue weighted by Crippen LogP contribution is -2.40. The van der Waals surface area contributed by atoms with Gasteiger partial charge in [-0.25, -0.2) is 0 Å². The van der Waals surface area contributed by atoms with Crippen molar-refractivity contribution in [2.75, 3.05) is 18.0 Å². The third kappa shape index (κ3) is 3.10. The van der Waals surface area contributed by atoms with Crippen molar-refractivity contribution in [3.8, 4) is 0 Å². The molecule has 1 aromatic rings. The number of hydrogen-bond acceptors (Lipinski definition) is 3. The van der Waals surface area contributed by atoms with Gasteiger partial charge in [-0.2, -0.15) is 0 Å². The smallest absolute Gasteiger partial charge is 0.173 e. The molecule has 3 N–H and O–H groups in total. The number of piperidine rings is 1. The molecule has 21 heavy (non-hydrogen) atoms. The minimum Gasteiger partial charge on any atom is -0.409 e. The molecule has 5 heteroatoms. The van der Waals surface area contributed by atoms with E-state index in [1.165, 1.54) is 25.7 Å².